The van der Waals surface area contributed by atoms with Crippen LogP contribution in [-0.4, -0.2) is 0 Å². The van der Waals surface area contributed by atoms with Crippen LogP contribution in [0, 0.1) is 12.8 Å². The first-order valence-electron chi connectivity index (χ1n) is 19.3. The lowest BCUT2D eigenvalue weighted by Crippen LogP contribution is -2.33. The maximum atomic E-state index is 2.53. The van der Waals surface area contributed by atoms with Crippen molar-refractivity contribution in [1.82, 2.24) is 0 Å². The minimum Gasteiger partial charge on any atom is -0.310 e. The zero-order chi connectivity index (χ0) is 36.2. The van der Waals surface area contributed by atoms with Gasteiger partial charge in [-0.3, -0.25) is 0 Å². The summed E-state index contributed by atoms with van der Waals surface area (Å²) in [5.74, 6) is 0.624. The van der Waals surface area contributed by atoms with Crippen molar-refractivity contribution in [1.29, 1.82) is 0 Å². The molecule has 7 aromatic rings. The van der Waals surface area contributed by atoms with Crippen LogP contribution in [0.1, 0.15) is 58.7 Å². The van der Waals surface area contributed by atoms with Gasteiger partial charge in [0.25, 0.3) is 0 Å². The minimum atomic E-state index is -0.285. The highest BCUT2D eigenvalue weighted by Gasteiger charge is 2.57. The van der Waals surface area contributed by atoms with E-state index >= 15 is 0 Å². The average molecular weight is 692 g/mol. The highest BCUT2D eigenvalue weighted by Crippen LogP contribution is 2.65. The van der Waals surface area contributed by atoms with E-state index in [-0.39, 0.29) is 10.8 Å². The van der Waals surface area contributed by atoms with Crippen LogP contribution in [0.25, 0.3) is 33.4 Å². The Balaban J connectivity index is 1.13. The molecule has 4 aliphatic carbocycles. The third kappa shape index (κ3) is 4.21. The second kappa shape index (κ2) is 11.4. The number of aryl methyl sites for hydroxylation is 1. The number of rotatable bonds is 4. The highest BCUT2D eigenvalue weighted by atomic mass is 15.1. The molecule has 0 saturated carbocycles. The first kappa shape index (κ1) is 31.4. The van der Waals surface area contributed by atoms with E-state index in [1.807, 2.05) is 0 Å². The fraction of sp³-hybridized carbons (Fsp3) is 0.132. The molecular weight excluding hydrogens is 651 g/mol. The molecule has 0 N–H and O–H groups in total. The Morgan fingerprint density at radius 1 is 0.444 bits per heavy atom. The van der Waals surface area contributed by atoms with Gasteiger partial charge in [-0.05, 0) is 110 Å². The summed E-state index contributed by atoms with van der Waals surface area (Å²) >= 11 is 0. The highest BCUT2D eigenvalue weighted by molar-refractivity contribution is 5.90. The molecule has 3 unspecified atom stereocenters. The summed E-state index contributed by atoms with van der Waals surface area (Å²) in [7, 11) is 0. The fourth-order valence-corrected chi connectivity index (χ4v) is 10.6. The molecule has 0 heterocycles. The van der Waals surface area contributed by atoms with Crippen molar-refractivity contribution in [2.75, 3.05) is 4.90 Å². The summed E-state index contributed by atoms with van der Waals surface area (Å²) in [5, 5.41) is 0. The van der Waals surface area contributed by atoms with Crippen LogP contribution in [0.15, 0.2) is 182 Å². The fourth-order valence-electron chi connectivity index (χ4n) is 10.6. The molecule has 0 fully saturated rings. The van der Waals surface area contributed by atoms with Crippen LogP contribution in [0.4, 0.5) is 17.1 Å². The second-order valence-electron chi connectivity index (χ2n) is 16.1. The smallest absolute Gasteiger partial charge is 0.0538 e. The van der Waals surface area contributed by atoms with Gasteiger partial charge in [0, 0.05) is 34.3 Å². The molecular formula is C53H41N. The van der Waals surface area contributed by atoms with Gasteiger partial charge in [0.15, 0.2) is 0 Å². The normalized spacial score (nSPS) is 20.2. The lowest BCUT2D eigenvalue weighted by Gasteiger charge is -2.37. The first-order valence-corrected chi connectivity index (χ1v) is 19.3. The maximum Gasteiger partial charge on any atom is 0.0538 e. The van der Waals surface area contributed by atoms with E-state index in [0.29, 0.717) is 11.8 Å². The molecule has 1 nitrogen and oxygen atoms in total. The van der Waals surface area contributed by atoms with Crippen molar-refractivity contribution in [3.8, 4) is 33.4 Å². The Kier molecular flexibility index (Phi) is 6.62. The topological polar surface area (TPSA) is 3.24 Å². The SMILES string of the molecule is Cc1ccc(-c2ccc(N(c3ccc4c(c3)C(C)(C)c3ccccc3-4)c3ccc4c(c3)C3(c5ccccc5-4)c4ccccc4C4C=CC=CC43)cc2)cc1. The molecule has 0 radical (unpaired) electrons. The quantitative estimate of drug-likeness (QED) is 0.178. The van der Waals surface area contributed by atoms with Gasteiger partial charge in [-0.25, -0.2) is 0 Å². The zero-order valence-corrected chi connectivity index (χ0v) is 30.9. The van der Waals surface area contributed by atoms with E-state index in [0.717, 1.165) is 5.69 Å². The molecule has 7 aromatic carbocycles. The Morgan fingerprint density at radius 2 is 0.963 bits per heavy atom. The molecule has 3 atom stereocenters. The predicted molar refractivity (Wildman–Crippen MR) is 225 cm³/mol. The predicted octanol–water partition coefficient (Wildman–Crippen LogP) is 13.6. The van der Waals surface area contributed by atoms with Gasteiger partial charge >= 0.3 is 0 Å². The number of anilines is 3. The van der Waals surface area contributed by atoms with E-state index in [4.69, 9.17) is 0 Å². The van der Waals surface area contributed by atoms with E-state index in [1.54, 1.807) is 0 Å². The number of hydrogen-bond donors (Lipinski definition) is 0. The third-order valence-corrected chi connectivity index (χ3v) is 13.0. The van der Waals surface area contributed by atoms with E-state index in [2.05, 4.69) is 208 Å². The van der Waals surface area contributed by atoms with E-state index in [9.17, 15) is 0 Å². The Bertz CT molecular complexity index is 2710. The van der Waals surface area contributed by atoms with Crippen molar-refractivity contribution >= 4 is 17.1 Å². The zero-order valence-electron chi connectivity index (χ0n) is 30.9. The van der Waals surface area contributed by atoms with Crippen molar-refractivity contribution < 1.29 is 0 Å². The number of benzene rings is 7. The molecule has 258 valence electrons. The number of nitrogens with zero attached hydrogens (tertiary/aromatic N) is 1. The summed E-state index contributed by atoms with van der Waals surface area (Å²) in [5.41, 5.74) is 20.7. The van der Waals surface area contributed by atoms with Gasteiger partial charge in [-0.2, -0.15) is 0 Å². The standard InChI is InChI=1S/C53H41N/c1-34-20-22-35(23-21-34)36-24-26-37(27-25-36)54(38-28-30-44-40-12-4-8-16-46(40)52(2,3)50(44)32-38)39-29-31-45-43-15-7-11-19-49(43)53(51(45)33-39)47-17-9-5-13-41(47)42-14-6-10-18-48(42)53/h4-33,41,47H,1-3H3. The molecule has 1 heteroatoms. The maximum absolute atomic E-state index is 2.53. The van der Waals surface area contributed by atoms with Crippen LogP contribution >= 0.6 is 0 Å². The summed E-state index contributed by atoms with van der Waals surface area (Å²) in [6.45, 7) is 6.89. The minimum absolute atomic E-state index is 0.101. The van der Waals surface area contributed by atoms with Gasteiger partial charge in [0.1, 0.15) is 0 Å². The van der Waals surface area contributed by atoms with Crippen LogP contribution in [-0.2, 0) is 10.8 Å². The molecule has 0 amide bonds. The molecule has 0 saturated heterocycles. The van der Waals surface area contributed by atoms with Crippen molar-refractivity contribution in [3.63, 3.8) is 0 Å². The number of fused-ring (bicyclic) bond motifs is 13. The van der Waals surface area contributed by atoms with Crippen LogP contribution in [0.3, 0.4) is 0 Å². The average Bonchev–Trinajstić information content (AvgIpc) is 3.77. The lowest BCUT2D eigenvalue weighted by molar-refractivity contribution is 0.465. The summed E-state index contributed by atoms with van der Waals surface area (Å²) in [6, 6.07) is 59.7. The van der Waals surface area contributed by atoms with Gasteiger partial charge in [0.2, 0.25) is 0 Å². The van der Waals surface area contributed by atoms with Crippen molar-refractivity contribution in [2.24, 2.45) is 5.92 Å². The molecule has 4 aliphatic rings. The largest absolute Gasteiger partial charge is 0.310 e. The van der Waals surface area contributed by atoms with Gasteiger partial charge < -0.3 is 4.90 Å². The Labute approximate surface area is 318 Å². The Morgan fingerprint density at radius 3 is 1.69 bits per heavy atom. The number of allylic oxidation sites excluding steroid dienone is 4. The van der Waals surface area contributed by atoms with Crippen LogP contribution < -0.4 is 4.90 Å². The van der Waals surface area contributed by atoms with Crippen LogP contribution in [0.2, 0.25) is 0 Å². The van der Waals surface area contributed by atoms with Crippen molar-refractivity contribution in [3.05, 3.63) is 221 Å². The van der Waals surface area contributed by atoms with Crippen LogP contribution in [0.5, 0.6) is 0 Å². The molecule has 0 bridgehead atoms. The molecule has 0 aliphatic heterocycles. The summed E-state index contributed by atoms with van der Waals surface area (Å²) in [6.07, 6.45) is 9.41. The van der Waals surface area contributed by atoms with Crippen molar-refractivity contribution in [2.45, 2.75) is 37.5 Å². The molecule has 1 spiro atoms. The molecule has 0 aromatic heterocycles. The van der Waals surface area contributed by atoms with Gasteiger partial charge in [-0.15, -0.1) is 0 Å². The van der Waals surface area contributed by atoms with E-state index < -0.39 is 0 Å². The van der Waals surface area contributed by atoms with Gasteiger partial charge in [-0.1, -0.05) is 165 Å². The monoisotopic (exact) mass is 691 g/mol. The second-order valence-corrected chi connectivity index (χ2v) is 16.1. The summed E-state index contributed by atoms with van der Waals surface area (Å²) in [4.78, 5) is 2.49. The molecule has 54 heavy (non-hydrogen) atoms. The lowest BCUT2D eigenvalue weighted by atomic mass is 9.65. The third-order valence-electron chi connectivity index (χ3n) is 13.0. The van der Waals surface area contributed by atoms with E-state index in [1.165, 1.54) is 83.7 Å². The number of hydrogen-bond acceptors (Lipinski definition) is 1. The molecule has 11 rings (SSSR count). The Hall–Kier alpha value is -6.18. The first-order chi connectivity index (χ1) is 26.4. The summed E-state index contributed by atoms with van der Waals surface area (Å²) < 4.78 is 0. The van der Waals surface area contributed by atoms with Gasteiger partial charge in [0.05, 0.1) is 5.41 Å².